The van der Waals surface area contributed by atoms with Crippen molar-refractivity contribution in [3.63, 3.8) is 0 Å². The Bertz CT molecular complexity index is 804. The summed E-state index contributed by atoms with van der Waals surface area (Å²) in [5.41, 5.74) is 0.0354. The lowest BCUT2D eigenvalue weighted by atomic mass is 9.73. The second kappa shape index (κ2) is 5.98. The SMILES string of the molecule is CC1CCCCC12NC(=O)N(Cc1nnc(-c3ccccc3)o1)C2=O. The number of urea groups is 1. The highest BCUT2D eigenvalue weighted by Gasteiger charge is 2.55. The molecule has 1 aromatic carbocycles. The summed E-state index contributed by atoms with van der Waals surface area (Å²) >= 11 is 0. The molecule has 1 spiro atoms. The largest absolute Gasteiger partial charge is 0.419 e. The quantitative estimate of drug-likeness (QED) is 0.868. The van der Waals surface area contributed by atoms with Gasteiger partial charge in [-0.15, -0.1) is 10.2 Å². The lowest BCUT2D eigenvalue weighted by Crippen LogP contribution is -2.53. The van der Waals surface area contributed by atoms with E-state index in [0.29, 0.717) is 12.3 Å². The zero-order valence-electron chi connectivity index (χ0n) is 14.1. The Morgan fingerprint density at radius 2 is 2.04 bits per heavy atom. The first-order valence-electron chi connectivity index (χ1n) is 8.62. The Morgan fingerprint density at radius 1 is 1.24 bits per heavy atom. The minimum Gasteiger partial charge on any atom is -0.419 e. The van der Waals surface area contributed by atoms with Gasteiger partial charge in [0.15, 0.2) is 0 Å². The molecule has 2 heterocycles. The molecule has 130 valence electrons. The molecule has 1 saturated heterocycles. The molecule has 0 radical (unpaired) electrons. The molecule has 7 heteroatoms. The van der Waals surface area contributed by atoms with Crippen LogP contribution in [0.15, 0.2) is 34.7 Å². The van der Waals surface area contributed by atoms with Gasteiger partial charge in [-0.3, -0.25) is 9.69 Å². The Morgan fingerprint density at radius 3 is 2.80 bits per heavy atom. The minimum absolute atomic E-state index is 0.00102. The highest BCUT2D eigenvalue weighted by Crippen LogP contribution is 2.38. The molecule has 0 bridgehead atoms. The van der Waals surface area contributed by atoms with E-state index in [4.69, 9.17) is 4.42 Å². The summed E-state index contributed by atoms with van der Waals surface area (Å²) in [6.07, 6.45) is 3.67. The van der Waals surface area contributed by atoms with E-state index in [9.17, 15) is 9.59 Å². The van der Waals surface area contributed by atoms with Gasteiger partial charge in [-0.2, -0.15) is 0 Å². The van der Waals surface area contributed by atoms with Gasteiger partial charge in [0.25, 0.3) is 5.91 Å². The van der Waals surface area contributed by atoms with Crippen molar-refractivity contribution in [2.45, 2.75) is 44.7 Å². The molecule has 1 aliphatic heterocycles. The van der Waals surface area contributed by atoms with Crippen LogP contribution in [-0.4, -0.2) is 32.6 Å². The number of carbonyl (C=O) groups is 2. The van der Waals surface area contributed by atoms with E-state index < -0.39 is 5.54 Å². The summed E-state index contributed by atoms with van der Waals surface area (Å²) < 4.78 is 5.63. The van der Waals surface area contributed by atoms with E-state index in [1.807, 2.05) is 37.3 Å². The summed E-state index contributed by atoms with van der Waals surface area (Å²) in [5.74, 6) is 0.584. The van der Waals surface area contributed by atoms with Crippen LogP contribution in [0.2, 0.25) is 0 Å². The van der Waals surface area contributed by atoms with E-state index in [1.54, 1.807) is 0 Å². The maximum Gasteiger partial charge on any atom is 0.325 e. The van der Waals surface area contributed by atoms with Gasteiger partial charge in [-0.25, -0.2) is 4.79 Å². The van der Waals surface area contributed by atoms with Crippen LogP contribution in [0.3, 0.4) is 0 Å². The predicted molar refractivity (Wildman–Crippen MR) is 89.2 cm³/mol. The monoisotopic (exact) mass is 340 g/mol. The standard InChI is InChI=1S/C18H20N4O3/c1-12-7-5-6-10-18(12)16(23)22(17(24)19-18)11-14-20-21-15(25-14)13-8-3-2-4-9-13/h2-4,8-9,12H,5-7,10-11H2,1H3,(H,19,24). The third-order valence-electron chi connectivity index (χ3n) is 5.28. The maximum atomic E-state index is 12.9. The number of hydrogen-bond donors (Lipinski definition) is 1. The molecule has 4 rings (SSSR count). The van der Waals surface area contributed by atoms with Crippen molar-refractivity contribution in [3.05, 3.63) is 36.2 Å². The summed E-state index contributed by atoms with van der Waals surface area (Å²) in [5, 5.41) is 10.9. The number of imide groups is 1. The third-order valence-corrected chi connectivity index (χ3v) is 5.28. The fourth-order valence-corrected chi connectivity index (χ4v) is 3.79. The van der Waals surface area contributed by atoms with Gasteiger partial charge in [0.2, 0.25) is 11.8 Å². The van der Waals surface area contributed by atoms with Crippen molar-refractivity contribution in [2.75, 3.05) is 0 Å². The van der Waals surface area contributed by atoms with E-state index in [-0.39, 0.29) is 30.3 Å². The van der Waals surface area contributed by atoms with E-state index in [1.165, 1.54) is 4.90 Å². The fraction of sp³-hybridized carbons (Fsp3) is 0.444. The van der Waals surface area contributed by atoms with Gasteiger partial charge in [0.1, 0.15) is 12.1 Å². The number of benzene rings is 1. The van der Waals surface area contributed by atoms with Crippen LogP contribution in [0.4, 0.5) is 4.79 Å². The number of hydrogen-bond acceptors (Lipinski definition) is 5. The Labute approximate surface area is 145 Å². The first-order valence-corrected chi connectivity index (χ1v) is 8.62. The molecule has 1 N–H and O–H groups in total. The predicted octanol–water partition coefficient (Wildman–Crippen LogP) is 2.74. The highest BCUT2D eigenvalue weighted by molar-refractivity contribution is 6.07. The second-order valence-electron chi connectivity index (χ2n) is 6.81. The molecule has 2 atom stereocenters. The highest BCUT2D eigenvalue weighted by atomic mass is 16.4. The maximum absolute atomic E-state index is 12.9. The molecule has 2 aromatic rings. The molecule has 1 saturated carbocycles. The van der Waals surface area contributed by atoms with Crippen LogP contribution in [0.1, 0.15) is 38.5 Å². The topological polar surface area (TPSA) is 88.3 Å². The van der Waals surface area contributed by atoms with Gasteiger partial charge in [0, 0.05) is 5.56 Å². The number of aromatic nitrogens is 2. The third kappa shape index (κ3) is 2.59. The minimum atomic E-state index is -0.766. The molecule has 1 aromatic heterocycles. The first-order chi connectivity index (χ1) is 12.1. The van der Waals surface area contributed by atoms with E-state index in [0.717, 1.165) is 24.8 Å². The molecule has 2 fully saturated rings. The van der Waals surface area contributed by atoms with Crippen LogP contribution in [0.5, 0.6) is 0 Å². The van der Waals surface area contributed by atoms with Crippen molar-refractivity contribution >= 4 is 11.9 Å². The summed E-state index contributed by atoms with van der Waals surface area (Å²) in [4.78, 5) is 26.5. The average Bonchev–Trinajstić information content (AvgIpc) is 3.18. The molecule has 2 aliphatic rings. The normalized spacial score (nSPS) is 26.3. The summed E-state index contributed by atoms with van der Waals surface area (Å²) in [6, 6.07) is 9.01. The van der Waals surface area contributed by atoms with Crippen molar-refractivity contribution in [1.29, 1.82) is 0 Å². The zero-order chi connectivity index (χ0) is 17.4. The second-order valence-corrected chi connectivity index (χ2v) is 6.81. The Balaban J connectivity index is 1.54. The Kier molecular flexibility index (Phi) is 3.78. The van der Waals surface area contributed by atoms with Crippen LogP contribution in [0.25, 0.3) is 11.5 Å². The molecule has 2 unspecified atom stereocenters. The number of carbonyl (C=O) groups excluding carboxylic acids is 2. The number of amides is 3. The summed E-state index contributed by atoms with van der Waals surface area (Å²) in [7, 11) is 0. The average molecular weight is 340 g/mol. The number of nitrogens with zero attached hydrogens (tertiary/aromatic N) is 3. The smallest absolute Gasteiger partial charge is 0.325 e. The van der Waals surface area contributed by atoms with Crippen molar-refractivity contribution in [2.24, 2.45) is 5.92 Å². The number of nitrogens with one attached hydrogen (secondary N) is 1. The molecule has 1 aliphatic carbocycles. The van der Waals surface area contributed by atoms with Gasteiger partial charge in [-0.1, -0.05) is 38.0 Å². The van der Waals surface area contributed by atoms with Gasteiger partial charge in [-0.05, 0) is 30.9 Å². The van der Waals surface area contributed by atoms with Gasteiger partial charge >= 0.3 is 6.03 Å². The number of rotatable bonds is 3. The van der Waals surface area contributed by atoms with Crippen LogP contribution < -0.4 is 5.32 Å². The lowest BCUT2D eigenvalue weighted by molar-refractivity contribution is -0.134. The first kappa shape index (κ1) is 15.8. The Hall–Kier alpha value is -2.70. The van der Waals surface area contributed by atoms with E-state index >= 15 is 0 Å². The molecular formula is C18H20N4O3. The van der Waals surface area contributed by atoms with Crippen molar-refractivity contribution < 1.29 is 14.0 Å². The van der Waals surface area contributed by atoms with Gasteiger partial charge in [0.05, 0.1) is 0 Å². The molecule has 25 heavy (non-hydrogen) atoms. The van der Waals surface area contributed by atoms with Crippen LogP contribution >= 0.6 is 0 Å². The zero-order valence-corrected chi connectivity index (χ0v) is 14.1. The molecular weight excluding hydrogens is 320 g/mol. The van der Waals surface area contributed by atoms with Crippen LogP contribution in [0, 0.1) is 5.92 Å². The molecule has 7 nitrogen and oxygen atoms in total. The molecule has 3 amide bonds. The van der Waals surface area contributed by atoms with Crippen molar-refractivity contribution in [1.82, 2.24) is 20.4 Å². The summed E-state index contributed by atoms with van der Waals surface area (Å²) in [6.45, 7) is 2.03. The fourth-order valence-electron chi connectivity index (χ4n) is 3.79. The van der Waals surface area contributed by atoms with E-state index in [2.05, 4.69) is 15.5 Å². The van der Waals surface area contributed by atoms with Crippen LogP contribution in [-0.2, 0) is 11.3 Å². The lowest BCUT2D eigenvalue weighted by Gasteiger charge is -2.36. The van der Waals surface area contributed by atoms with Gasteiger partial charge < -0.3 is 9.73 Å². The van der Waals surface area contributed by atoms with Crippen molar-refractivity contribution in [3.8, 4) is 11.5 Å².